The van der Waals surface area contributed by atoms with E-state index in [0.29, 0.717) is 16.8 Å². The van der Waals surface area contributed by atoms with Gasteiger partial charge in [-0.1, -0.05) is 24.3 Å². The average molecular weight is 317 g/mol. The lowest BCUT2D eigenvalue weighted by Crippen LogP contribution is -2.29. The van der Waals surface area contributed by atoms with Gasteiger partial charge in [0.2, 0.25) is 0 Å². The number of fused-ring (bicyclic) bond motifs is 2. The number of anilines is 1. The van der Waals surface area contributed by atoms with Gasteiger partial charge in [-0.2, -0.15) is 0 Å². The summed E-state index contributed by atoms with van der Waals surface area (Å²) < 4.78 is 0. The van der Waals surface area contributed by atoms with Gasteiger partial charge < -0.3 is 5.11 Å². The molecule has 2 amide bonds. The Morgan fingerprint density at radius 3 is 2.00 bits per heavy atom. The Hall–Kier alpha value is -3.47. The number of hydrogen-bond donors (Lipinski definition) is 1. The highest BCUT2D eigenvalue weighted by Gasteiger charge is 2.36. The van der Waals surface area contributed by atoms with Gasteiger partial charge >= 0.3 is 5.97 Å². The van der Waals surface area contributed by atoms with E-state index < -0.39 is 5.97 Å². The molecule has 1 aliphatic heterocycles. The monoisotopic (exact) mass is 317 g/mol. The minimum Gasteiger partial charge on any atom is -0.478 e. The molecule has 0 fully saturated rings. The number of rotatable bonds is 2. The Morgan fingerprint density at radius 1 is 0.792 bits per heavy atom. The summed E-state index contributed by atoms with van der Waals surface area (Å²) >= 11 is 0. The zero-order valence-electron chi connectivity index (χ0n) is 12.4. The fourth-order valence-corrected chi connectivity index (χ4v) is 2.93. The molecule has 0 saturated heterocycles. The number of carbonyl (C=O) groups excluding carboxylic acids is 2. The van der Waals surface area contributed by atoms with Crippen molar-refractivity contribution in [1.82, 2.24) is 0 Å². The Morgan fingerprint density at radius 2 is 1.38 bits per heavy atom. The van der Waals surface area contributed by atoms with Crippen LogP contribution in [0.25, 0.3) is 10.8 Å². The second-order valence-corrected chi connectivity index (χ2v) is 5.54. The van der Waals surface area contributed by atoms with Gasteiger partial charge in [-0.15, -0.1) is 0 Å². The largest absolute Gasteiger partial charge is 0.478 e. The topological polar surface area (TPSA) is 74.7 Å². The first-order valence-corrected chi connectivity index (χ1v) is 7.31. The molecule has 5 nitrogen and oxygen atoms in total. The average Bonchev–Trinajstić information content (AvgIpc) is 2.85. The summed E-state index contributed by atoms with van der Waals surface area (Å²) in [4.78, 5) is 37.2. The highest BCUT2D eigenvalue weighted by Crippen LogP contribution is 2.30. The minimum absolute atomic E-state index is 0.191. The van der Waals surface area contributed by atoms with E-state index in [9.17, 15) is 14.4 Å². The maximum atomic E-state index is 12.5. The Bertz CT molecular complexity index is 1000. The highest BCUT2D eigenvalue weighted by molar-refractivity contribution is 6.34. The predicted molar refractivity (Wildman–Crippen MR) is 88.5 cm³/mol. The molecule has 3 aromatic carbocycles. The fourth-order valence-electron chi connectivity index (χ4n) is 2.93. The summed E-state index contributed by atoms with van der Waals surface area (Å²) in [6.45, 7) is 0. The predicted octanol–water partition coefficient (Wildman–Crippen LogP) is 3.34. The molecule has 24 heavy (non-hydrogen) atoms. The molecule has 0 spiro atoms. The van der Waals surface area contributed by atoms with E-state index in [0.717, 1.165) is 15.7 Å². The normalized spacial score (nSPS) is 13.4. The second kappa shape index (κ2) is 5.03. The molecular formula is C19H11NO4. The van der Waals surface area contributed by atoms with Gasteiger partial charge in [0.1, 0.15) is 0 Å². The fraction of sp³-hybridized carbons (Fsp3) is 0. The number of carboxylic acids is 1. The first kappa shape index (κ1) is 14.1. The van der Waals surface area contributed by atoms with E-state index in [-0.39, 0.29) is 17.4 Å². The first-order chi connectivity index (χ1) is 11.6. The SMILES string of the molecule is O=C(O)c1ccc2cc(N3C(=O)c4ccccc4C3=O)ccc2c1. The number of hydrogen-bond acceptors (Lipinski definition) is 3. The molecule has 0 atom stereocenters. The third-order valence-corrected chi connectivity index (χ3v) is 4.12. The maximum absolute atomic E-state index is 12.5. The Labute approximate surface area is 136 Å². The molecule has 116 valence electrons. The third kappa shape index (κ3) is 1.99. The van der Waals surface area contributed by atoms with E-state index in [4.69, 9.17) is 5.11 Å². The number of benzene rings is 3. The van der Waals surface area contributed by atoms with Crippen molar-refractivity contribution in [3.05, 3.63) is 77.4 Å². The van der Waals surface area contributed by atoms with Gasteiger partial charge in [0.25, 0.3) is 11.8 Å². The second-order valence-electron chi connectivity index (χ2n) is 5.54. The zero-order valence-corrected chi connectivity index (χ0v) is 12.4. The van der Waals surface area contributed by atoms with Crippen molar-refractivity contribution in [1.29, 1.82) is 0 Å². The van der Waals surface area contributed by atoms with Crippen molar-refractivity contribution in [3.8, 4) is 0 Å². The number of carbonyl (C=O) groups is 3. The van der Waals surface area contributed by atoms with Gasteiger partial charge in [-0.05, 0) is 47.2 Å². The summed E-state index contributed by atoms with van der Waals surface area (Å²) in [7, 11) is 0. The number of aromatic carboxylic acids is 1. The number of imide groups is 1. The van der Waals surface area contributed by atoms with Crippen molar-refractivity contribution < 1.29 is 19.5 Å². The van der Waals surface area contributed by atoms with Crippen molar-refractivity contribution in [3.63, 3.8) is 0 Å². The van der Waals surface area contributed by atoms with Crippen LogP contribution in [0.4, 0.5) is 5.69 Å². The molecule has 0 aromatic heterocycles. The molecule has 0 bridgehead atoms. The van der Waals surface area contributed by atoms with Crippen molar-refractivity contribution >= 4 is 34.2 Å². The van der Waals surface area contributed by atoms with E-state index in [1.165, 1.54) is 6.07 Å². The summed E-state index contributed by atoms with van der Waals surface area (Å²) in [5.41, 5.74) is 1.44. The molecule has 0 aliphatic carbocycles. The van der Waals surface area contributed by atoms with E-state index >= 15 is 0 Å². The van der Waals surface area contributed by atoms with Crippen LogP contribution in [0.3, 0.4) is 0 Å². The number of nitrogens with zero attached hydrogens (tertiary/aromatic N) is 1. The molecule has 0 radical (unpaired) electrons. The van der Waals surface area contributed by atoms with Crippen LogP contribution in [0.2, 0.25) is 0 Å². The smallest absolute Gasteiger partial charge is 0.335 e. The molecule has 5 heteroatoms. The Kier molecular flexibility index (Phi) is 2.96. The number of amides is 2. The lowest BCUT2D eigenvalue weighted by Gasteiger charge is -2.14. The summed E-state index contributed by atoms with van der Waals surface area (Å²) in [6, 6.07) is 16.5. The van der Waals surface area contributed by atoms with Gasteiger partial charge in [0.05, 0.1) is 22.4 Å². The molecule has 1 aliphatic rings. The summed E-state index contributed by atoms with van der Waals surface area (Å²) in [5, 5.41) is 10.5. The highest BCUT2D eigenvalue weighted by atomic mass is 16.4. The van der Waals surface area contributed by atoms with Crippen LogP contribution in [0.15, 0.2) is 60.7 Å². The molecule has 4 rings (SSSR count). The maximum Gasteiger partial charge on any atom is 0.335 e. The van der Waals surface area contributed by atoms with Gasteiger partial charge in [0.15, 0.2) is 0 Å². The van der Waals surface area contributed by atoms with Crippen molar-refractivity contribution in [2.45, 2.75) is 0 Å². The minimum atomic E-state index is -0.999. The molecule has 1 N–H and O–H groups in total. The van der Waals surface area contributed by atoms with Crippen molar-refractivity contribution in [2.24, 2.45) is 0 Å². The molecule has 0 unspecified atom stereocenters. The molecular weight excluding hydrogens is 306 g/mol. The van der Waals surface area contributed by atoms with Crippen molar-refractivity contribution in [2.75, 3.05) is 4.90 Å². The molecule has 1 heterocycles. The van der Waals surface area contributed by atoms with Crippen LogP contribution in [0.1, 0.15) is 31.1 Å². The summed E-state index contributed by atoms with van der Waals surface area (Å²) in [6.07, 6.45) is 0. The zero-order chi connectivity index (χ0) is 16.8. The van der Waals surface area contributed by atoms with Crippen LogP contribution in [0, 0.1) is 0 Å². The van der Waals surface area contributed by atoms with E-state index in [2.05, 4.69) is 0 Å². The van der Waals surface area contributed by atoms with Gasteiger partial charge in [0, 0.05) is 0 Å². The molecule has 3 aromatic rings. The lowest BCUT2D eigenvalue weighted by molar-refractivity contribution is 0.0696. The standard InChI is InChI=1S/C19H11NO4/c21-17-15-3-1-2-4-16(15)18(22)20(17)14-8-7-11-9-13(19(23)24)6-5-12(11)10-14/h1-10H,(H,23,24). The van der Waals surface area contributed by atoms with Crippen LogP contribution < -0.4 is 4.90 Å². The van der Waals surface area contributed by atoms with Gasteiger partial charge in [-0.25, -0.2) is 9.69 Å². The van der Waals surface area contributed by atoms with Crippen LogP contribution in [-0.2, 0) is 0 Å². The van der Waals surface area contributed by atoms with E-state index in [1.54, 1.807) is 54.6 Å². The quantitative estimate of drug-likeness (QED) is 0.736. The van der Waals surface area contributed by atoms with Crippen LogP contribution in [0.5, 0.6) is 0 Å². The van der Waals surface area contributed by atoms with Crippen LogP contribution >= 0.6 is 0 Å². The van der Waals surface area contributed by atoms with E-state index in [1.807, 2.05) is 0 Å². The summed E-state index contributed by atoms with van der Waals surface area (Å²) in [5.74, 6) is -1.70. The number of carboxylic acid groups (broad SMARTS) is 1. The lowest BCUT2D eigenvalue weighted by atomic mass is 10.1. The van der Waals surface area contributed by atoms with Crippen LogP contribution in [-0.4, -0.2) is 22.9 Å². The Balaban J connectivity index is 1.81. The first-order valence-electron chi connectivity index (χ1n) is 7.31. The third-order valence-electron chi connectivity index (χ3n) is 4.12. The molecule has 0 saturated carbocycles. The van der Waals surface area contributed by atoms with Gasteiger partial charge in [-0.3, -0.25) is 9.59 Å².